The van der Waals surface area contributed by atoms with Gasteiger partial charge in [-0.25, -0.2) is 4.79 Å². The fourth-order valence-corrected chi connectivity index (χ4v) is 3.58. The Morgan fingerprint density at radius 3 is 2.32 bits per heavy atom. The van der Waals surface area contributed by atoms with Gasteiger partial charge in [0.2, 0.25) is 5.91 Å². The first kappa shape index (κ1) is 24.0. The molecule has 0 aliphatic rings. The summed E-state index contributed by atoms with van der Waals surface area (Å²) in [6, 6.07) is 16.0. The predicted molar refractivity (Wildman–Crippen MR) is 118 cm³/mol. The minimum Gasteiger partial charge on any atom is -0.452 e. The molecule has 0 bridgehead atoms. The molecular weight excluding hydrogens is 414 g/mol. The van der Waals surface area contributed by atoms with Crippen LogP contribution < -0.4 is 5.32 Å². The SMILES string of the molecule is CN(CC(=O)NC(C)(C)C)C(=O)COC(=O)c1ccccc1Sc1ccccc1C#N. The maximum absolute atomic E-state index is 12.6. The number of hydrogen-bond acceptors (Lipinski definition) is 6. The van der Waals surface area contributed by atoms with Crippen molar-refractivity contribution in [2.45, 2.75) is 36.1 Å². The zero-order chi connectivity index (χ0) is 23.0. The van der Waals surface area contributed by atoms with E-state index in [-0.39, 0.29) is 12.5 Å². The number of esters is 1. The molecule has 0 radical (unpaired) electrons. The van der Waals surface area contributed by atoms with Crippen molar-refractivity contribution >= 4 is 29.5 Å². The number of hydrogen-bond donors (Lipinski definition) is 1. The van der Waals surface area contributed by atoms with Crippen molar-refractivity contribution < 1.29 is 19.1 Å². The Hall–Kier alpha value is -3.31. The third kappa shape index (κ3) is 7.46. The van der Waals surface area contributed by atoms with Gasteiger partial charge >= 0.3 is 5.97 Å². The van der Waals surface area contributed by atoms with Crippen molar-refractivity contribution in [1.29, 1.82) is 5.26 Å². The van der Waals surface area contributed by atoms with Crippen molar-refractivity contribution in [1.82, 2.24) is 10.2 Å². The van der Waals surface area contributed by atoms with Crippen LogP contribution in [0.2, 0.25) is 0 Å². The largest absolute Gasteiger partial charge is 0.452 e. The van der Waals surface area contributed by atoms with Crippen molar-refractivity contribution in [3.05, 3.63) is 59.7 Å². The number of carbonyl (C=O) groups excluding carboxylic acids is 3. The molecule has 0 aliphatic heterocycles. The molecule has 2 aromatic rings. The van der Waals surface area contributed by atoms with Gasteiger partial charge in [-0.3, -0.25) is 9.59 Å². The van der Waals surface area contributed by atoms with E-state index in [1.165, 1.54) is 23.7 Å². The summed E-state index contributed by atoms with van der Waals surface area (Å²) in [5, 5.41) is 12.0. The number of ether oxygens (including phenoxy) is 1. The maximum Gasteiger partial charge on any atom is 0.339 e. The summed E-state index contributed by atoms with van der Waals surface area (Å²) in [6.45, 7) is 4.92. The van der Waals surface area contributed by atoms with E-state index in [0.29, 0.717) is 20.9 Å². The first-order chi connectivity index (χ1) is 14.6. The number of nitrogens with one attached hydrogen (secondary N) is 1. The number of carbonyl (C=O) groups is 3. The van der Waals surface area contributed by atoms with Gasteiger partial charge in [0.25, 0.3) is 5.91 Å². The van der Waals surface area contributed by atoms with Gasteiger partial charge in [-0.1, -0.05) is 36.0 Å². The van der Waals surface area contributed by atoms with Crippen molar-refractivity contribution in [3.8, 4) is 6.07 Å². The lowest BCUT2D eigenvalue weighted by Crippen LogP contribution is -2.46. The van der Waals surface area contributed by atoms with Gasteiger partial charge in [-0.2, -0.15) is 5.26 Å². The van der Waals surface area contributed by atoms with E-state index in [2.05, 4.69) is 11.4 Å². The lowest BCUT2D eigenvalue weighted by Gasteiger charge is -2.23. The van der Waals surface area contributed by atoms with Gasteiger partial charge in [0.05, 0.1) is 17.7 Å². The smallest absolute Gasteiger partial charge is 0.339 e. The molecule has 0 aromatic heterocycles. The second-order valence-corrected chi connectivity index (χ2v) is 8.91. The molecule has 0 saturated carbocycles. The molecule has 0 saturated heterocycles. The molecule has 31 heavy (non-hydrogen) atoms. The van der Waals surface area contributed by atoms with Gasteiger partial charge in [0, 0.05) is 22.4 Å². The summed E-state index contributed by atoms with van der Waals surface area (Å²) < 4.78 is 5.19. The van der Waals surface area contributed by atoms with E-state index >= 15 is 0 Å². The van der Waals surface area contributed by atoms with E-state index in [0.717, 1.165) is 0 Å². The normalized spacial score (nSPS) is 10.7. The zero-order valence-corrected chi connectivity index (χ0v) is 18.8. The average molecular weight is 440 g/mol. The number of nitriles is 1. The molecule has 2 rings (SSSR count). The molecular formula is C23H25N3O4S. The molecule has 162 valence electrons. The Morgan fingerprint density at radius 1 is 1.06 bits per heavy atom. The molecule has 0 fully saturated rings. The number of amides is 2. The van der Waals surface area contributed by atoms with Crippen LogP contribution in [0.1, 0.15) is 36.7 Å². The zero-order valence-electron chi connectivity index (χ0n) is 18.0. The van der Waals surface area contributed by atoms with Gasteiger partial charge in [0.15, 0.2) is 6.61 Å². The van der Waals surface area contributed by atoms with Crippen LogP contribution >= 0.6 is 11.8 Å². The molecule has 0 heterocycles. The number of rotatable bonds is 7. The second-order valence-electron chi connectivity index (χ2n) is 7.83. The molecule has 0 atom stereocenters. The molecule has 0 aliphatic carbocycles. The van der Waals surface area contributed by atoms with Crippen LogP contribution in [-0.2, 0) is 14.3 Å². The molecule has 2 aromatic carbocycles. The van der Waals surface area contributed by atoms with Crippen molar-refractivity contribution in [2.24, 2.45) is 0 Å². The van der Waals surface area contributed by atoms with Crippen molar-refractivity contribution in [3.63, 3.8) is 0 Å². The number of benzene rings is 2. The summed E-state index contributed by atoms with van der Waals surface area (Å²) in [6.07, 6.45) is 0. The molecule has 8 heteroatoms. The Morgan fingerprint density at radius 2 is 1.68 bits per heavy atom. The average Bonchev–Trinajstić information content (AvgIpc) is 2.71. The minimum atomic E-state index is -0.654. The molecule has 0 spiro atoms. The highest BCUT2D eigenvalue weighted by molar-refractivity contribution is 7.99. The van der Waals surface area contributed by atoms with Crippen LogP contribution in [0.15, 0.2) is 58.3 Å². The van der Waals surface area contributed by atoms with E-state index in [1.807, 2.05) is 26.8 Å². The van der Waals surface area contributed by atoms with Gasteiger partial charge in [-0.15, -0.1) is 0 Å². The maximum atomic E-state index is 12.6. The fourth-order valence-electron chi connectivity index (χ4n) is 2.57. The van der Waals surface area contributed by atoms with Crippen LogP contribution in [0.25, 0.3) is 0 Å². The first-order valence-electron chi connectivity index (χ1n) is 9.59. The summed E-state index contributed by atoms with van der Waals surface area (Å²) in [5.41, 5.74) is 0.390. The van der Waals surface area contributed by atoms with Crippen LogP contribution in [0.4, 0.5) is 0 Å². The quantitative estimate of drug-likeness (QED) is 0.665. The monoisotopic (exact) mass is 439 g/mol. The highest BCUT2D eigenvalue weighted by atomic mass is 32.2. The minimum absolute atomic E-state index is 0.134. The summed E-state index contributed by atoms with van der Waals surface area (Å²) >= 11 is 1.28. The van der Waals surface area contributed by atoms with E-state index in [1.54, 1.807) is 42.5 Å². The lowest BCUT2D eigenvalue weighted by atomic mass is 10.1. The Bertz CT molecular complexity index is 1010. The van der Waals surface area contributed by atoms with Gasteiger partial charge in [0.1, 0.15) is 6.07 Å². The summed E-state index contributed by atoms with van der Waals surface area (Å²) in [5.74, 6) is -1.44. The molecule has 7 nitrogen and oxygen atoms in total. The molecule has 0 unspecified atom stereocenters. The lowest BCUT2D eigenvalue weighted by molar-refractivity contribution is -0.137. The van der Waals surface area contributed by atoms with Gasteiger partial charge < -0.3 is 15.0 Å². The van der Waals surface area contributed by atoms with E-state index in [9.17, 15) is 19.6 Å². The van der Waals surface area contributed by atoms with Crippen LogP contribution in [0.3, 0.4) is 0 Å². The Labute approximate surface area is 186 Å². The van der Waals surface area contributed by atoms with E-state index in [4.69, 9.17) is 4.74 Å². The molecule has 1 N–H and O–H groups in total. The van der Waals surface area contributed by atoms with E-state index < -0.39 is 24.0 Å². The summed E-state index contributed by atoms with van der Waals surface area (Å²) in [7, 11) is 1.47. The fraction of sp³-hybridized carbons (Fsp3) is 0.304. The number of nitrogens with zero attached hydrogens (tertiary/aromatic N) is 2. The Kier molecular flexibility index (Phi) is 8.22. The Balaban J connectivity index is 2.01. The third-order valence-electron chi connectivity index (χ3n) is 3.98. The highest BCUT2D eigenvalue weighted by Gasteiger charge is 2.20. The van der Waals surface area contributed by atoms with Crippen molar-refractivity contribution in [2.75, 3.05) is 20.2 Å². The van der Waals surface area contributed by atoms with Crippen LogP contribution in [0, 0.1) is 11.3 Å². The predicted octanol–water partition coefficient (Wildman–Crippen LogP) is 3.24. The summed E-state index contributed by atoms with van der Waals surface area (Å²) in [4.78, 5) is 39.4. The highest BCUT2D eigenvalue weighted by Crippen LogP contribution is 2.32. The topological polar surface area (TPSA) is 99.5 Å². The molecule has 2 amide bonds. The van der Waals surface area contributed by atoms with Crippen LogP contribution in [-0.4, -0.2) is 48.4 Å². The second kappa shape index (κ2) is 10.6. The third-order valence-corrected chi connectivity index (χ3v) is 5.13. The number of likely N-dealkylation sites (N-methyl/N-ethyl adjacent to an activating group) is 1. The standard InChI is InChI=1S/C23H25N3O4S/c1-23(2,3)25-20(27)14-26(4)21(28)15-30-22(29)17-10-6-8-12-19(17)31-18-11-7-5-9-16(18)13-24/h5-12H,14-15H2,1-4H3,(H,25,27). The van der Waals surface area contributed by atoms with Crippen LogP contribution in [0.5, 0.6) is 0 Å². The first-order valence-corrected chi connectivity index (χ1v) is 10.4. The van der Waals surface area contributed by atoms with Gasteiger partial charge in [-0.05, 0) is 45.0 Å².